The largest absolute Gasteiger partial charge is 0.472 e. The third-order valence-corrected chi connectivity index (χ3v) is 22.6. The van der Waals surface area contributed by atoms with Crippen molar-refractivity contribution < 1.29 is 46.9 Å². The van der Waals surface area contributed by atoms with Crippen LogP contribution in [0.5, 0.6) is 5.88 Å². The first-order valence-electron chi connectivity index (χ1n) is 22.6. The van der Waals surface area contributed by atoms with Crippen LogP contribution < -0.4 is 10.1 Å². The van der Waals surface area contributed by atoms with Gasteiger partial charge in [-0.25, -0.2) is 4.98 Å². The van der Waals surface area contributed by atoms with Gasteiger partial charge < -0.3 is 37.9 Å². The zero-order valence-corrected chi connectivity index (χ0v) is 42.5. The minimum Gasteiger partial charge on any atom is -0.472 e. The highest BCUT2D eigenvalue weighted by molar-refractivity contribution is 6.74. The molecular weight excluding hydrogens is 875 g/mol. The van der Waals surface area contributed by atoms with Crippen molar-refractivity contribution in [2.45, 2.75) is 148 Å². The van der Waals surface area contributed by atoms with Gasteiger partial charge in [0.2, 0.25) is 11.8 Å². The Labute approximate surface area is 389 Å². The van der Waals surface area contributed by atoms with Gasteiger partial charge in [0.1, 0.15) is 18.9 Å². The van der Waals surface area contributed by atoms with Gasteiger partial charge in [0.25, 0.3) is 0 Å². The highest BCUT2D eigenvalue weighted by Gasteiger charge is 2.51. The lowest BCUT2D eigenvalue weighted by molar-refractivity contribution is -0.187. The molecule has 3 aromatic carbocycles. The summed E-state index contributed by atoms with van der Waals surface area (Å²) in [6.45, 7) is 30.4. The number of hydrogen-bond donors (Lipinski definition) is 1. The summed E-state index contributed by atoms with van der Waals surface area (Å²) >= 11 is 0. The molecule has 1 fully saturated rings. The fourth-order valence-electron chi connectivity index (χ4n) is 8.29. The molecule has 66 heavy (non-hydrogen) atoms. The van der Waals surface area contributed by atoms with Crippen molar-refractivity contribution in [1.82, 2.24) is 19.5 Å². The van der Waals surface area contributed by atoms with Crippen LogP contribution in [0.25, 0.3) is 32.7 Å². The zero-order chi connectivity index (χ0) is 48.1. The highest BCUT2D eigenvalue weighted by atomic mass is 28.4. The van der Waals surface area contributed by atoms with E-state index in [4.69, 9.17) is 47.5 Å². The average molecular weight is 940 g/mol. The molecule has 2 aliphatic rings. The third-order valence-electron chi connectivity index (χ3n) is 13.6. The number of carbonyl (C=O) groups excluding carboxylic acids is 3. The van der Waals surface area contributed by atoms with Gasteiger partial charge in [-0.15, -0.1) is 0 Å². The van der Waals surface area contributed by atoms with E-state index in [9.17, 15) is 14.4 Å². The monoisotopic (exact) mass is 939 g/mol. The number of carbonyl (C=O) groups is 3. The van der Waals surface area contributed by atoms with Crippen LogP contribution in [0.3, 0.4) is 0 Å². The Balaban J connectivity index is 1.39. The molecular formula is C49H65N5O10Si2. The number of esters is 3. The quantitative estimate of drug-likeness (QED) is 0.0367. The van der Waals surface area contributed by atoms with E-state index in [1.165, 1.54) is 20.8 Å². The smallest absolute Gasteiger partial charge is 0.303 e. The van der Waals surface area contributed by atoms with Crippen molar-refractivity contribution in [1.29, 1.82) is 0 Å². The number of benzene rings is 3. The van der Waals surface area contributed by atoms with Gasteiger partial charge in [-0.3, -0.25) is 19.0 Å². The summed E-state index contributed by atoms with van der Waals surface area (Å²) in [5.41, 5.74) is 1.99. The molecule has 7 atom stereocenters. The van der Waals surface area contributed by atoms with Gasteiger partial charge >= 0.3 is 17.9 Å². The van der Waals surface area contributed by atoms with Gasteiger partial charge in [-0.1, -0.05) is 103 Å². The first kappa shape index (κ1) is 48.7. The Morgan fingerprint density at radius 1 is 0.848 bits per heavy atom. The van der Waals surface area contributed by atoms with Crippen molar-refractivity contribution in [2.75, 3.05) is 18.5 Å². The van der Waals surface area contributed by atoms with E-state index in [2.05, 4.69) is 79.6 Å². The number of hydrogen-bond acceptors (Lipinski definition) is 14. The zero-order valence-electron chi connectivity index (χ0n) is 40.5. The van der Waals surface area contributed by atoms with E-state index in [0.717, 1.165) is 21.5 Å². The lowest BCUT2D eigenvalue weighted by Crippen LogP contribution is -2.50. The second-order valence-corrected chi connectivity index (χ2v) is 29.9. The Hall–Kier alpha value is -5.21. The number of fused-ring (bicyclic) bond motifs is 6. The van der Waals surface area contributed by atoms with Crippen molar-refractivity contribution >= 4 is 73.2 Å². The molecule has 0 spiro atoms. The van der Waals surface area contributed by atoms with E-state index in [1.807, 2.05) is 53.1 Å². The Bertz CT molecular complexity index is 2650. The molecule has 15 nitrogen and oxygen atoms in total. The molecule has 1 N–H and O–H groups in total. The van der Waals surface area contributed by atoms with Crippen LogP contribution in [-0.4, -0.2) is 91.7 Å². The predicted octanol–water partition coefficient (Wildman–Crippen LogP) is 10.0. The molecule has 0 unspecified atom stereocenters. The number of nitrogens with one attached hydrogen (secondary N) is 1. The van der Waals surface area contributed by atoms with E-state index >= 15 is 0 Å². The lowest BCUT2D eigenvalue weighted by atomic mass is 9.77. The van der Waals surface area contributed by atoms with Crippen LogP contribution in [0.4, 0.5) is 5.95 Å². The summed E-state index contributed by atoms with van der Waals surface area (Å²) in [5, 5.41) is 6.99. The molecule has 0 amide bonds. The molecule has 0 radical (unpaired) electrons. The minimum atomic E-state index is -2.27. The Morgan fingerprint density at radius 2 is 1.48 bits per heavy atom. The Morgan fingerprint density at radius 3 is 2.14 bits per heavy atom. The van der Waals surface area contributed by atoms with E-state index in [-0.39, 0.29) is 40.7 Å². The maximum atomic E-state index is 13.1. The number of ether oxygens (including phenoxy) is 5. The van der Waals surface area contributed by atoms with E-state index < -0.39 is 65.1 Å². The summed E-state index contributed by atoms with van der Waals surface area (Å²) in [6.07, 6.45) is -1.07. The fraction of sp³-hybridized carbons (Fsp3) is 0.510. The standard InChI is InChI=1S/C49H65N5O10Si2/c1-15-24-58-46-41-45(54(27-50-41)37-25-35(64-66(13,14)49(8,9)10)36(63-37)26-59-65(11,12)48(5,6)7)52-47(53-46)51-40-39-34(23-22-32-21-20-31-18-16-17-19-33(31)38(32)39)42(60-28(2)55)44(62-30(4)57)43(40)61-29(3)56/h15-23,27,35-37,40,42-44H,1,24-26H2,2-14H3,(H,51,52,53)/t35-,36+,37+,40+,42-,43-,44+/m0/s1. The van der Waals surface area contributed by atoms with Crippen LogP contribution in [0.2, 0.25) is 36.3 Å². The van der Waals surface area contributed by atoms with E-state index in [1.54, 1.807) is 12.4 Å². The van der Waals surface area contributed by atoms with Crippen molar-refractivity contribution in [3.63, 3.8) is 0 Å². The summed E-state index contributed by atoms with van der Waals surface area (Å²) in [4.78, 5) is 53.5. The summed E-state index contributed by atoms with van der Waals surface area (Å²) in [6, 6.07) is 14.7. The Kier molecular flexibility index (Phi) is 13.6. The van der Waals surface area contributed by atoms with Crippen LogP contribution in [0.15, 0.2) is 67.5 Å². The lowest BCUT2D eigenvalue weighted by Gasteiger charge is -2.42. The van der Waals surface area contributed by atoms with E-state index in [0.29, 0.717) is 35.3 Å². The normalized spacial score (nSPS) is 22.5. The second-order valence-electron chi connectivity index (χ2n) is 20.4. The van der Waals surface area contributed by atoms with Crippen molar-refractivity contribution in [3.8, 4) is 5.88 Å². The van der Waals surface area contributed by atoms with Gasteiger partial charge in [0.05, 0.1) is 25.1 Å². The minimum absolute atomic E-state index is 0.00419. The molecule has 7 rings (SSSR count). The molecule has 2 aromatic heterocycles. The van der Waals surface area contributed by atoms with Crippen LogP contribution in [0, 0.1) is 0 Å². The number of anilines is 1. The molecule has 3 heterocycles. The number of rotatable bonds is 14. The molecule has 5 aromatic rings. The van der Waals surface area contributed by atoms with Crippen LogP contribution in [0.1, 0.15) is 98.2 Å². The molecule has 1 aliphatic heterocycles. The second kappa shape index (κ2) is 18.5. The molecule has 1 saturated heterocycles. The topological polar surface area (TPSA) is 171 Å². The van der Waals surface area contributed by atoms with Crippen LogP contribution in [-0.2, 0) is 42.2 Å². The average Bonchev–Trinajstić information content (AvgIpc) is 3.83. The number of nitrogens with zero attached hydrogens (tertiary/aromatic N) is 4. The molecule has 0 bridgehead atoms. The maximum Gasteiger partial charge on any atom is 0.303 e. The van der Waals surface area contributed by atoms with Crippen molar-refractivity contribution in [2.24, 2.45) is 0 Å². The van der Waals surface area contributed by atoms with Gasteiger partial charge in [0, 0.05) is 32.8 Å². The van der Waals surface area contributed by atoms with Crippen LogP contribution >= 0.6 is 0 Å². The van der Waals surface area contributed by atoms with Crippen molar-refractivity contribution in [3.05, 3.63) is 78.6 Å². The van der Waals surface area contributed by atoms with Gasteiger partial charge in [-0.2, -0.15) is 9.97 Å². The summed E-state index contributed by atoms with van der Waals surface area (Å²) in [5.74, 6) is -1.66. The van der Waals surface area contributed by atoms with Gasteiger partial charge in [0.15, 0.2) is 46.1 Å². The fourth-order valence-corrected chi connectivity index (χ4v) is 10.7. The number of imidazole rings is 1. The number of aromatic nitrogens is 4. The van der Waals surface area contributed by atoms with Gasteiger partial charge in [-0.05, 0) is 63.4 Å². The maximum absolute atomic E-state index is 13.1. The SMILES string of the molecule is C=CCOc1nc(N[C@@H]2c3c(ccc4ccc5ccccc5c34)[C@H](OC(C)=O)[C@@H](OC(C)=O)[C@H]2OC(C)=O)nc2c1ncn2[C@H]1C[C@H](O[Si](C)(C)C(C)(C)C)[C@@H](CO[Si](C)(C)C(C)(C)C)O1. The molecule has 0 saturated carbocycles. The summed E-state index contributed by atoms with van der Waals surface area (Å²) in [7, 11) is -4.43. The highest BCUT2D eigenvalue weighted by Crippen LogP contribution is 2.49. The first-order valence-corrected chi connectivity index (χ1v) is 28.4. The summed E-state index contributed by atoms with van der Waals surface area (Å²) < 4.78 is 46.9. The molecule has 354 valence electrons. The first-order chi connectivity index (χ1) is 30.9. The predicted molar refractivity (Wildman–Crippen MR) is 258 cm³/mol. The third kappa shape index (κ3) is 9.77. The molecule has 17 heteroatoms. The molecule has 1 aliphatic carbocycles.